The van der Waals surface area contributed by atoms with Gasteiger partial charge in [0.15, 0.2) is 11.5 Å². The molecule has 0 saturated carbocycles. The van der Waals surface area contributed by atoms with Crippen molar-refractivity contribution >= 4 is 11.9 Å². The van der Waals surface area contributed by atoms with Gasteiger partial charge in [-0.1, -0.05) is 5.16 Å². The number of carbonyl (C=O) groups is 2. The number of hydrogen-bond donors (Lipinski definition) is 2. The summed E-state index contributed by atoms with van der Waals surface area (Å²) in [6.45, 7) is 3.70. The highest BCUT2D eigenvalue weighted by Crippen LogP contribution is 2.09. The van der Waals surface area contributed by atoms with Crippen LogP contribution in [0.1, 0.15) is 36.0 Å². The summed E-state index contributed by atoms with van der Waals surface area (Å²) >= 11 is 0. The van der Waals surface area contributed by atoms with E-state index in [2.05, 4.69) is 10.5 Å². The number of nitrogens with one attached hydrogen (secondary N) is 1. The minimum Gasteiger partial charge on any atom is -0.476 e. The monoisotopic (exact) mass is 267 g/mol. The van der Waals surface area contributed by atoms with Crippen LogP contribution in [0, 0.1) is 0 Å². The molecule has 2 rings (SSSR count). The Kier molecular flexibility index (Phi) is 4.16. The maximum Gasteiger partial charge on any atom is 0.358 e. The number of carboxylic acids is 1. The quantitative estimate of drug-likeness (QED) is 0.805. The standard InChI is InChI=1S/C12H17N3O4/c1-8(11(16)15-4-2-3-5-15)13-7-9-6-10(12(17)18)14-19-9/h6,8,13H,2-5,7H2,1H3,(H,17,18). The molecule has 1 amide bonds. The van der Waals surface area contributed by atoms with Gasteiger partial charge < -0.3 is 14.5 Å². The molecule has 1 fully saturated rings. The SMILES string of the molecule is CC(NCc1cc(C(=O)O)no1)C(=O)N1CCCC1. The number of nitrogens with zero attached hydrogens (tertiary/aromatic N) is 2. The molecule has 7 heteroatoms. The van der Waals surface area contributed by atoms with Crippen molar-refractivity contribution < 1.29 is 19.2 Å². The Hall–Kier alpha value is -1.89. The van der Waals surface area contributed by atoms with Gasteiger partial charge in [-0.3, -0.25) is 10.1 Å². The minimum absolute atomic E-state index is 0.0653. The normalized spacial score (nSPS) is 16.6. The molecule has 1 aromatic rings. The average Bonchev–Trinajstić information content (AvgIpc) is 3.05. The average molecular weight is 267 g/mol. The lowest BCUT2D eigenvalue weighted by Crippen LogP contribution is -2.43. The van der Waals surface area contributed by atoms with Crippen LogP contribution < -0.4 is 5.32 Å². The molecule has 0 aliphatic carbocycles. The van der Waals surface area contributed by atoms with Crippen LogP contribution in [-0.4, -0.2) is 46.2 Å². The summed E-state index contributed by atoms with van der Waals surface area (Å²) in [7, 11) is 0. The van der Waals surface area contributed by atoms with Gasteiger partial charge in [-0.2, -0.15) is 0 Å². The van der Waals surface area contributed by atoms with Gasteiger partial charge in [0.1, 0.15) is 0 Å². The number of carboxylic acid groups (broad SMARTS) is 1. The smallest absolute Gasteiger partial charge is 0.358 e. The van der Waals surface area contributed by atoms with Gasteiger partial charge in [-0.15, -0.1) is 0 Å². The van der Waals surface area contributed by atoms with Gasteiger partial charge in [-0.25, -0.2) is 4.79 Å². The van der Waals surface area contributed by atoms with Crippen LogP contribution in [0.3, 0.4) is 0 Å². The van der Waals surface area contributed by atoms with Crippen molar-refractivity contribution in [1.29, 1.82) is 0 Å². The molecule has 0 bridgehead atoms. The zero-order valence-electron chi connectivity index (χ0n) is 10.8. The minimum atomic E-state index is -1.13. The van der Waals surface area contributed by atoms with E-state index in [1.165, 1.54) is 6.07 Å². The summed E-state index contributed by atoms with van der Waals surface area (Å²) in [6.07, 6.45) is 2.12. The van der Waals surface area contributed by atoms with E-state index in [0.717, 1.165) is 25.9 Å². The fourth-order valence-electron chi connectivity index (χ4n) is 2.05. The van der Waals surface area contributed by atoms with Gasteiger partial charge >= 0.3 is 5.97 Å². The van der Waals surface area contributed by atoms with Gasteiger partial charge in [0.25, 0.3) is 0 Å². The van der Waals surface area contributed by atoms with Gasteiger partial charge in [-0.05, 0) is 19.8 Å². The van der Waals surface area contributed by atoms with Crippen LogP contribution in [0.4, 0.5) is 0 Å². The highest BCUT2D eigenvalue weighted by atomic mass is 16.5. The van der Waals surface area contributed by atoms with E-state index in [4.69, 9.17) is 9.63 Å². The molecule has 2 N–H and O–H groups in total. The molecule has 7 nitrogen and oxygen atoms in total. The molecular weight excluding hydrogens is 250 g/mol. The number of likely N-dealkylation sites (tertiary alicyclic amines) is 1. The van der Waals surface area contributed by atoms with Crippen LogP contribution in [-0.2, 0) is 11.3 Å². The number of aromatic carboxylic acids is 1. The van der Waals surface area contributed by atoms with Crippen molar-refractivity contribution in [1.82, 2.24) is 15.4 Å². The Labute approximate surface area is 110 Å². The highest BCUT2D eigenvalue weighted by Gasteiger charge is 2.23. The Balaban J connectivity index is 1.83. The molecule has 1 saturated heterocycles. The molecule has 1 unspecified atom stereocenters. The number of amides is 1. The number of rotatable bonds is 5. The molecule has 1 aliphatic heterocycles. The largest absolute Gasteiger partial charge is 0.476 e. The van der Waals surface area contributed by atoms with Crippen molar-refractivity contribution in [3.8, 4) is 0 Å². The van der Waals surface area contributed by atoms with Crippen molar-refractivity contribution in [3.63, 3.8) is 0 Å². The maximum absolute atomic E-state index is 12.0. The second kappa shape index (κ2) is 5.83. The first-order chi connectivity index (χ1) is 9.08. The lowest BCUT2D eigenvalue weighted by Gasteiger charge is -2.20. The van der Waals surface area contributed by atoms with E-state index in [9.17, 15) is 9.59 Å². The van der Waals surface area contributed by atoms with E-state index in [1.807, 2.05) is 4.90 Å². The van der Waals surface area contributed by atoms with Crippen LogP contribution in [0.25, 0.3) is 0 Å². The van der Waals surface area contributed by atoms with E-state index in [1.54, 1.807) is 6.92 Å². The van der Waals surface area contributed by atoms with Crippen LogP contribution >= 0.6 is 0 Å². The van der Waals surface area contributed by atoms with E-state index in [0.29, 0.717) is 5.76 Å². The fourth-order valence-corrected chi connectivity index (χ4v) is 2.05. The molecule has 1 aliphatic rings. The molecule has 1 aromatic heterocycles. The summed E-state index contributed by atoms with van der Waals surface area (Å²) < 4.78 is 4.86. The maximum atomic E-state index is 12.0. The van der Waals surface area contributed by atoms with Crippen molar-refractivity contribution in [3.05, 3.63) is 17.5 Å². The third-order valence-corrected chi connectivity index (χ3v) is 3.15. The predicted molar refractivity (Wildman–Crippen MR) is 65.6 cm³/mol. The van der Waals surface area contributed by atoms with Crippen molar-refractivity contribution in [2.24, 2.45) is 0 Å². The number of aromatic nitrogens is 1. The van der Waals surface area contributed by atoms with E-state index in [-0.39, 0.29) is 24.2 Å². The first-order valence-electron chi connectivity index (χ1n) is 6.29. The van der Waals surface area contributed by atoms with Gasteiger partial charge in [0, 0.05) is 19.2 Å². The zero-order valence-corrected chi connectivity index (χ0v) is 10.8. The summed E-state index contributed by atoms with van der Waals surface area (Å²) in [5.74, 6) is -0.662. The lowest BCUT2D eigenvalue weighted by molar-refractivity contribution is -0.132. The molecular formula is C12H17N3O4. The second-order valence-electron chi connectivity index (χ2n) is 4.62. The Morgan fingerprint density at radius 1 is 1.53 bits per heavy atom. The van der Waals surface area contributed by atoms with Crippen molar-refractivity contribution in [2.75, 3.05) is 13.1 Å². The summed E-state index contributed by atoms with van der Waals surface area (Å²) in [4.78, 5) is 24.5. The van der Waals surface area contributed by atoms with Crippen LogP contribution in [0.15, 0.2) is 10.6 Å². The first kappa shape index (κ1) is 13.5. The van der Waals surface area contributed by atoms with Gasteiger partial charge in [0.2, 0.25) is 5.91 Å². The fraction of sp³-hybridized carbons (Fsp3) is 0.583. The number of carbonyl (C=O) groups excluding carboxylic acids is 1. The Bertz CT molecular complexity index is 465. The molecule has 19 heavy (non-hydrogen) atoms. The third-order valence-electron chi connectivity index (χ3n) is 3.15. The van der Waals surface area contributed by atoms with E-state index < -0.39 is 5.97 Å². The second-order valence-corrected chi connectivity index (χ2v) is 4.62. The van der Waals surface area contributed by atoms with Crippen molar-refractivity contribution in [2.45, 2.75) is 32.4 Å². The Morgan fingerprint density at radius 3 is 2.79 bits per heavy atom. The molecule has 2 heterocycles. The summed E-state index contributed by atoms with van der Waals surface area (Å²) in [5.41, 5.74) is -0.129. The Morgan fingerprint density at radius 2 is 2.21 bits per heavy atom. The van der Waals surface area contributed by atoms with Gasteiger partial charge in [0.05, 0.1) is 12.6 Å². The molecule has 0 spiro atoms. The lowest BCUT2D eigenvalue weighted by atomic mass is 10.2. The van der Waals surface area contributed by atoms with Crippen LogP contribution in [0.5, 0.6) is 0 Å². The highest BCUT2D eigenvalue weighted by molar-refractivity contribution is 5.85. The van der Waals surface area contributed by atoms with Crippen LogP contribution in [0.2, 0.25) is 0 Å². The predicted octanol–water partition coefficient (Wildman–Crippen LogP) is 0.473. The third kappa shape index (κ3) is 3.31. The summed E-state index contributed by atoms with van der Waals surface area (Å²) in [5, 5.41) is 15.1. The molecule has 0 aromatic carbocycles. The molecule has 104 valence electrons. The topological polar surface area (TPSA) is 95.7 Å². The first-order valence-corrected chi connectivity index (χ1v) is 6.29. The number of hydrogen-bond acceptors (Lipinski definition) is 5. The molecule has 1 atom stereocenters. The summed E-state index contributed by atoms with van der Waals surface area (Å²) in [6, 6.07) is 1.03. The van der Waals surface area contributed by atoms with E-state index >= 15 is 0 Å². The zero-order chi connectivity index (χ0) is 13.8. The molecule has 0 radical (unpaired) electrons.